The fourth-order valence-corrected chi connectivity index (χ4v) is 3.35. The molecule has 3 heterocycles. The van der Waals surface area contributed by atoms with E-state index in [-0.39, 0.29) is 24.0 Å². The molecule has 0 aliphatic carbocycles. The van der Waals surface area contributed by atoms with Gasteiger partial charge in [0.2, 0.25) is 0 Å². The number of carbonyl (C=O) groups is 2. The summed E-state index contributed by atoms with van der Waals surface area (Å²) in [6.07, 6.45) is 1.48. The van der Waals surface area contributed by atoms with Gasteiger partial charge in [0, 0.05) is 37.6 Å². The van der Waals surface area contributed by atoms with E-state index in [9.17, 15) is 9.59 Å². The number of hydrogen-bond acceptors (Lipinski definition) is 9. The molecule has 0 radical (unpaired) electrons. The fraction of sp³-hybridized carbons (Fsp3) is 0.471. The van der Waals surface area contributed by atoms with E-state index in [2.05, 4.69) is 37.1 Å². The number of hydrogen-bond donors (Lipinski definition) is 1. The lowest BCUT2D eigenvalue weighted by atomic mass is 10.3. The normalized spacial score (nSPS) is 14.8. The quantitative estimate of drug-likeness (QED) is 0.731. The maximum Gasteiger partial charge on any atom is 0.311 e. The van der Waals surface area contributed by atoms with E-state index in [1.165, 1.54) is 17.7 Å². The molecule has 0 aromatic carbocycles. The minimum absolute atomic E-state index is 0.0846. The molecular formula is C17H22N6O3S. The Balaban J connectivity index is 1.62. The highest BCUT2D eigenvalue weighted by Gasteiger charge is 2.18. The number of ether oxygens (including phenoxy) is 1. The largest absolute Gasteiger partial charge is 0.466 e. The zero-order valence-electron chi connectivity index (χ0n) is 15.3. The molecule has 10 heteroatoms. The first-order valence-electron chi connectivity index (χ1n) is 8.72. The lowest BCUT2D eigenvalue weighted by Gasteiger charge is -2.33. The van der Waals surface area contributed by atoms with Crippen molar-refractivity contribution >= 4 is 34.2 Å². The molecule has 1 aliphatic rings. The molecule has 0 saturated carbocycles. The van der Waals surface area contributed by atoms with E-state index in [4.69, 9.17) is 4.74 Å². The van der Waals surface area contributed by atoms with Crippen molar-refractivity contribution in [2.24, 2.45) is 0 Å². The smallest absolute Gasteiger partial charge is 0.311 e. The van der Waals surface area contributed by atoms with Gasteiger partial charge >= 0.3 is 5.97 Å². The van der Waals surface area contributed by atoms with Crippen molar-refractivity contribution in [1.29, 1.82) is 0 Å². The van der Waals surface area contributed by atoms with Gasteiger partial charge in [0.15, 0.2) is 5.13 Å². The van der Waals surface area contributed by atoms with E-state index in [0.717, 1.165) is 32.0 Å². The van der Waals surface area contributed by atoms with Crippen LogP contribution in [0.3, 0.4) is 0 Å². The highest BCUT2D eigenvalue weighted by Crippen LogP contribution is 2.18. The molecule has 1 amide bonds. The summed E-state index contributed by atoms with van der Waals surface area (Å²) < 4.78 is 4.90. The van der Waals surface area contributed by atoms with Crippen molar-refractivity contribution in [3.8, 4) is 0 Å². The standard InChI is InChI=1S/C17H22N6O3S/c1-3-26-15(24)8-12-10-27-17(20-12)21-16(25)13-9-14(19-11-18-13)23-6-4-22(2)5-7-23/h9-11H,3-8H2,1-2H3,(H,20,21,25). The van der Waals surface area contributed by atoms with Gasteiger partial charge in [0.05, 0.1) is 18.7 Å². The van der Waals surface area contributed by atoms with Crippen molar-refractivity contribution in [3.05, 3.63) is 29.2 Å². The minimum atomic E-state index is -0.357. The van der Waals surface area contributed by atoms with Gasteiger partial charge in [0.25, 0.3) is 5.91 Å². The molecule has 0 bridgehead atoms. The second-order valence-corrected chi connectivity index (χ2v) is 6.99. The summed E-state index contributed by atoms with van der Waals surface area (Å²) in [5, 5.41) is 4.86. The van der Waals surface area contributed by atoms with E-state index in [1.807, 2.05) is 0 Å². The van der Waals surface area contributed by atoms with Crippen LogP contribution in [-0.4, -0.2) is 71.6 Å². The van der Waals surface area contributed by atoms with E-state index in [0.29, 0.717) is 17.4 Å². The Morgan fingerprint density at radius 1 is 1.26 bits per heavy atom. The second kappa shape index (κ2) is 8.87. The van der Waals surface area contributed by atoms with Crippen molar-refractivity contribution in [1.82, 2.24) is 19.9 Å². The van der Waals surface area contributed by atoms with Crippen LogP contribution >= 0.6 is 11.3 Å². The van der Waals surface area contributed by atoms with Gasteiger partial charge in [-0.05, 0) is 14.0 Å². The zero-order chi connectivity index (χ0) is 19.2. The molecule has 27 heavy (non-hydrogen) atoms. The summed E-state index contributed by atoms with van der Waals surface area (Å²) in [5.41, 5.74) is 0.843. The highest BCUT2D eigenvalue weighted by molar-refractivity contribution is 7.14. The molecule has 1 N–H and O–H groups in total. The summed E-state index contributed by atoms with van der Waals surface area (Å²) in [6.45, 7) is 5.71. The first kappa shape index (κ1) is 19.2. The average molecular weight is 390 g/mol. The number of rotatable bonds is 6. The maximum absolute atomic E-state index is 12.5. The minimum Gasteiger partial charge on any atom is -0.466 e. The third-order valence-electron chi connectivity index (χ3n) is 4.12. The van der Waals surface area contributed by atoms with Crippen LogP contribution in [-0.2, 0) is 16.0 Å². The number of piperazine rings is 1. The van der Waals surface area contributed by atoms with Crippen LogP contribution in [0.15, 0.2) is 17.8 Å². The van der Waals surface area contributed by atoms with Gasteiger partial charge < -0.3 is 14.5 Å². The number of carbonyl (C=O) groups excluding carboxylic acids is 2. The fourth-order valence-electron chi connectivity index (χ4n) is 2.65. The molecular weight excluding hydrogens is 368 g/mol. The molecule has 0 atom stereocenters. The average Bonchev–Trinajstić information content (AvgIpc) is 3.09. The number of aromatic nitrogens is 3. The molecule has 1 fully saturated rings. The third kappa shape index (κ3) is 5.20. The van der Waals surface area contributed by atoms with Crippen molar-refractivity contribution in [2.75, 3.05) is 50.1 Å². The van der Waals surface area contributed by atoms with Gasteiger partial charge in [-0.2, -0.15) is 0 Å². The van der Waals surface area contributed by atoms with Crippen LogP contribution in [0, 0.1) is 0 Å². The number of thiazole rings is 1. The molecule has 9 nitrogen and oxygen atoms in total. The van der Waals surface area contributed by atoms with E-state index >= 15 is 0 Å². The molecule has 144 valence electrons. The summed E-state index contributed by atoms with van der Waals surface area (Å²) in [6, 6.07) is 1.69. The monoisotopic (exact) mass is 390 g/mol. The number of amides is 1. The first-order chi connectivity index (χ1) is 13.0. The van der Waals surface area contributed by atoms with Crippen LogP contribution in [0.1, 0.15) is 23.1 Å². The topological polar surface area (TPSA) is 101 Å². The molecule has 0 unspecified atom stereocenters. The van der Waals surface area contributed by atoms with Crippen LogP contribution in [0.2, 0.25) is 0 Å². The third-order valence-corrected chi connectivity index (χ3v) is 4.92. The van der Waals surface area contributed by atoms with Crippen molar-refractivity contribution < 1.29 is 14.3 Å². The van der Waals surface area contributed by atoms with Crippen molar-refractivity contribution in [2.45, 2.75) is 13.3 Å². The Hall–Kier alpha value is -2.59. The maximum atomic E-state index is 12.5. The SMILES string of the molecule is CCOC(=O)Cc1csc(NC(=O)c2cc(N3CCN(C)CC3)ncn2)n1. The Bertz CT molecular complexity index is 803. The Kier molecular flexibility index (Phi) is 6.30. The lowest BCUT2D eigenvalue weighted by molar-refractivity contribution is -0.142. The van der Waals surface area contributed by atoms with Crippen molar-refractivity contribution in [3.63, 3.8) is 0 Å². The van der Waals surface area contributed by atoms with Gasteiger partial charge in [-0.1, -0.05) is 0 Å². The molecule has 0 spiro atoms. The van der Waals surface area contributed by atoms with Gasteiger partial charge in [-0.15, -0.1) is 11.3 Å². The Morgan fingerprint density at radius 2 is 2.04 bits per heavy atom. The first-order valence-corrected chi connectivity index (χ1v) is 9.60. The Labute approximate surface area is 161 Å². The lowest BCUT2D eigenvalue weighted by Crippen LogP contribution is -2.44. The highest BCUT2D eigenvalue weighted by atomic mass is 32.1. The number of esters is 1. The van der Waals surface area contributed by atoms with Crippen LogP contribution in [0.5, 0.6) is 0 Å². The zero-order valence-corrected chi connectivity index (χ0v) is 16.2. The summed E-state index contributed by atoms with van der Waals surface area (Å²) in [4.78, 5) is 41.0. The summed E-state index contributed by atoms with van der Waals surface area (Å²) in [7, 11) is 2.08. The Morgan fingerprint density at radius 3 is 2.78 bits per heavy atom. The van der Waals surface area contributed by atoms with Crippen LogP contribution in [0.25, 0.3) is 0 Å². The molecule has 1 saturated heterocycles. The second-order valence-electron chi connectivity index (χ2n) is 6.13. The van der Waals surface area contributed by atoms with Crippen LogP contribution in [0.4, 0.5) is 10.9 Å². The van der Waals surface area contributed by atoms with E-state index in [1.54, 1.807) is 18.4 Å². The van der Waals surface area contributed by atoms with E-state index < -0.39 is 0 Å². The summed E-state index contributed by atoms with van der Waals surface area (Å²) in [5.74, 6) is 0.0449. The number of anilines is 2. The van der Waals surface area contributed by atoms with Crippen LogP contribution < -0.4 is 10.2 Å². The number of nitrogens with zero attached hydrogens (tertiary/aromatic N) is 5. The molecule has 3 rings (SSSR count). The predicted octanol–water partition coefficient (Wildman–Crippen LogP) is 1.04. The van der Waals surface area contributed by atoms with Gasteiger partial charge in [0.1, 0.15) is 17.8 Å². The van der Waals surface area contributed by atoms with Gasteiger partial charge in [-0.3, -0.25) is 14.9 Å². The molecule has 2 aromatic rings. The molecule has 2 aromatic heterocycles. The van der Waals surface area contributed by atoms with Gasteiger partial charge in [-0.25, -0.2) is 15.0 Å². The summed E-state index contributed by atoms with van der Waals surface area (Å²) >= 11 is 1.25. The number of nitrogens with one attached hydrogen (secondary N) is 1. The number of likely N-dealkylation sites (N-methyl/N-ethyl adjacent to an activating group) is 1. The molecule has 1 aliphatic heterocycles. The predicted molar refractivity (Wildman–Crippen MR) is 102 cm³/mol.